The number of carbonyl (C=O) groups excluding carboxylic acids is 1. The van der Waals surface area contributed by atoms with Crippen molar-refractivity contribution in [3.05, 3.63) is 84.6 Å². The third-order valence-corrected chi connectivity index (χ3v) is 9.06. The third-order valence-electron chi connectivity index (χ3n) is 9.06. The first-order valence-corrected chi connectivity index (χ1v) is 16.4. The molecule has 2 aliphatic rings. The van der Waals surface area contributed by atoms with Crippen LogP contribution in [-0.2, 0) is 23.8 Å². The van der Waals surface area contributed by atoms with Crippen molar-refractivity contribution in [3.63, 3.8) is 0 Å². The Labute approximate surface area is 284 Å². The van der Waals surface area contributed by atoms with E-state index in [-0.39, 0.29) is 31.1 Å². The lowest BCUT2D eigenvalue weighted by molar-refractivity contribution is -0.359. The van der Waals surface area contributed by atoms with Crippen molar-refractivity contribution in [1.29, 1.82) is 0 Å². The highest BCUT2D eigenvalue weighted by molar-refractivity contribution is 5.80. The van der Waals surface area contributed by atoms with Crippen molar-refractivity contribution in [2.75, 3.05) is 13.7 Å². The Morgan fingerprint density at radius 2 is 1.69 bits per heavy atom. The summed E-state index contributed by atoms with van der Waals surface area (Å²) in [6, 6.07) is 0. The van der Waals surface area contributed by atoms with Crippen LogP contribution in [0.1, 0.15) is 54.4 Å². The number of nitrogens with one attached hydrogen (secondary N) is 1. The number of methoxy groups -OCH3 is 1. The van der Waals surface area contributed by atoms with E-state index in [0.29, 0.717) is 6.42 Å². The molecule has 0 aromatic rings. The number of hydrogen-bond donors (Lipinski definition) is 6. The van der Waals surface area contributed by atoms with Crippen LogP contribution in [0, 0.1) is 17.3 Å². The van der Waals surface area contributed by atoms with E-state index in [4.69, 9.17) is 19.3 Å². The number of carbonyl (C=O) groups is 2. The maximum absolute atomic E-state index is 13.2. The maximum atomic E-state index is 13.2. The Hall–Kier alpha value is -3.16. The normalized spacial score (nSPS) is 31.9. The molecule has 6 N–H and O–H groups in total. The SMILES string of the molecule is C/C=C\C=C\[C@H]1O[C@@](O)([C@@H](CC)C(=O)NC/C=C/C=C(\C)[C@H](OC)[C@H](C)[C@@H]2C[C@H](O)[C@H](/C=C/C=C/C=C/C(=O)O)O2)[C@@H](O)[C@@H](O)C1(C)C. The molecule has 0 aliphatic carbocycles. The highest BCUT2D eigenvalue weighted by Gasteiger charge is 2.60. The molecule has 11 heteroatoms. The zero-order valence-corrected chi connectivity index (χ0v) is 29.1. The van der Waals surface area contributed by atoms with Crippen molar-refractivity contribution < 1.29 is 49.3 Å². The molecule has 0 radical (unpaired) electrons. The third kappa shape index (κ3) is 10.7. The van der Waals surface area contributed by atoms with E-state index in [1.807, 2.05) is 32.9 Å². The van der Waals surface area contributed by atoms with Crippen LogP contribution >= 0.6 is 0 Å². The first-order chi connectivity index (χ1) is 22.6. The Balaban J connectivity index is 2.01. The van der Waals surface area contributed by atoms with Crippen LogP contribution in [0.25, 0.3) is 0 Å². The minimum Gasteiger partial charge on any atom is -0.478 e. The number of amides is 1. The van der Waals surface area contributed by atoms with E-state index in [1.165, 1.54) is 6.08 Å². The second-order valence-corrected chi connectivity index (χ2v) is 12.9. The molecule has 2 fully saturated rings. The molecular formula is C37H55NO10. The van der Waals surface area contributed by atoms with Crippen molar-refractivity contribution in [3.8, 4) is 0 Å². The highest BCUT2D eigenvalue weighted by Crippen LogP contribution is 2.44. The van der Waals surface area contributed by atoms with Crippen molar-refractivity contribution >= 4 is 11.9 Å². The standard InChI is InChI=1S/C37H55NO10/c1-8-10-13-20-30-36(5,6)33(42)34(43)37(45,48-30)26(9-2)35(44)38-22-17-16-18-24(3)32(46-7)25(4)29-23-27(39)28(47-29)19-14-11-12-15-21-31(40)41/h8,10-21,25-30,32-34,39,42-43,45H,9,22-23H2,1-7H3,(H,38,44)(H,40,41)/b10-8-,12-11+,17-16+,19-14+,20-13+,21-15+,24-18+/t25-,26+,27+,28+,29+,30-,32+,33-,34+,37+/m1/s1. The fourth-order valence-electron chi connectivity index (χ4n) is 6.09. The van der Waals surface area contributed by atoms with Gasteiger partial charge in [-0.25, -0.2) is 4.79 Å². The van der Waals surface area contributed by atoms with Gasteiger partial charge in [-0.2, -0.15) is 0 Å². The fourth-order valence-corrected chi connectivity index (χ4v) is 6.09. The Morgan fingerprint density at radius 3 is 2.31 bits per heavy atom. The average Bonchev–Trinajstić information content (AvgIpc) is 3.41. The lowest BCUT2D eigenvalue weighted by Crippen LogP contribution is -2.69. The quantitative estimate of drug-likeness (QED) is 0.105. The average molecular weight is 674 g/mol. The molecule has 0 aromatic carbocycles. The van der Waals surface area contributed by atoms with Crippen LogP contribution in [0.3, 0.4) is 0 Å². The van der Waals surface area contributed by atoms with Crippen LogP contribution in [0.4, 0.5) is 0 Å². The second kappa shape index (κ2) is 19.1. The largest absolute Gasteiger partial charge is 0.478 e. The first kappa shape index (κ1) is 41.0. The van der Waals surface area contributed by atoms with Gasteiger partial charge in [0.25, 0.3) is 0 Å². The van der Waals surface area contributed by atoms with Crippen molar-refractivity contribution in [1.82, 2.24) is 5.32 Å². The first-order valence-electron chi connectivity index (χ1n) is 16.4. The van der Waals surface area contributed by atoms with Gasteiger partial charge in [0.2, 0.25) is 11.7 Å². The molecule has 2 saturated heterocycles. The fraction of sp³-hybridized carbons (Fsp3) is 0.568. The van der Waals surface area contributed by atoms with Crippen LogP contribution in [0.15, 0.2) is 84.6 Å². The van der Waals surface area contributed by atoms with Gasteiger partial charge in [-0.1, -0.05) is 101 Å². The van der Waals surface area contributed by atoms with Gasteiger partial charge < -0.3 is 45.1 Å². The van der Waals surface area contributed by atoms with Gasteiger partial charge in [0.1, 0.15) is 12.2 Å². The zero-order chi connectivity index (χ0) is 36.1. The van der Waals surface area contributed by atoms with E-state index in [0.717, 1.165) is 11.6 Å². The van der Waals surface area contributed by atoms with Crippen LogP contribution in [0.2, 0.25) is 0 Å². The number of ether oxygens (including phenoxy) is 3. The highest BCUT2D eigenvalue weighted by atomic mass is 16.7. The molecule has 0 aromatic heterocycles. The summed E-state index contributed by atoms with van der Waals surface area (Å²) in [4.78, 5) is 23.8. The molecule has 0 unspecified atom stereocenters. The summed E-state index contributed by atoms with van der Waals surface area (Å²) in [5.41, 5.74) is -0.0158. The van der Waals surface area contributed by atoms with Gasteiger partial charge in [-0.05, 0) is 25.8 Å². The number of hydrogen-bond acceptors (Lipinski definition) is 9. The molecule has 0 saturated carbocycles. The van der Waals surface area contributed by atoms with Crippen LogP contribution in [-0.4, -0.2) is 99.6 Å². The lowest BCUT2D eigenvalue weighted by atomic mass is 9.71. The molecule has 11 nitrogen and oxygen atoms in total. The van der Waals surface area contributed by atoms with Gasteiger partial charge in [0, 0.05) is 37.5 Å². The van der Waals surface area contributed by atoms with Crippen molar-refractivity contribution in [2.45, 2.75) is 103 Å². The van der Waals surface area contributed by atoms with E-state index >= 15 is 0 Å². The summed E-state index contributed by atoms with van der Waals surface area (Å²) in [6.07, 6.45) is 16.5. The molecule has 0 spiro atoms. The number of rotatable bonds is 16. The summed E-state index contributed by atoms with van der Waals surface area (Å²) < 4.78 is 17.9. The summed E-state index contributed by atoms with van der Waals surface area (Å²) in [5.74, 6) is -5.10. The number of carboxylic acid groups (broad SMARTS) is 1. The Bertz CT molecular complexity index is 1260. The molecule has 2 aliphatic heterocycles. The Kier molecular flexibility index (Phi) is 16.4. The molecule has 10 atom stereocenters. The predicted molar refractivity (Wildman–Crippen MR) is 184 cm³/mol. The number of aliphatic hydroxyl groups excluding tert-OH is 3. The molecule has 2 rings (SSSR count). The summed E-state index contributed by atoms with van der Waals surface area (Å²) in [7, 11) is 1.61. The van der Waals surface area contributed by atoms with E-state index in [1.54, 1.807) is 82.6 Å². The molecule has 0 bridgehead atoms. The van der Waals surface area contributed by atoms with E-state index in [2.05, 4.69) is 5.32 Å². The number of allylic oxidation sites excluding steroid dienone is 9. The predicted octanol–water partition coefficient (Wildman–Crippen LogP) is 3.52. The lowest BCUT2D eigenvalue weighted by Gasteiger charge is -2.53. The summed E-state index contributed by atoms with van der Waals surface area (Å²) in [6.45, 7) is 11.1. The van der Waals surface area contributed by atoms with Gasteiger partial charge in [0.15, 0.2) is 0 Å². The van der Waals surface area contributed by atoms with Crippen LogP contribution in [0.5, 0.6) is 0 Å². The van der Waals surface area contributed by atoms with Crippen LogP contribution < -0.4 is 5.32 Å². The van der Waals surface area contributed by atoms with Gasteiger partial charge in [-0.15, -0.1) is 0 Å². The number of carboxylic acids is 1. The van der Waals surface area contributed by atoms with Gasteiger partial charge >= 0.3 is 5.97 Å². The van der Waals surface area contributed by atoms with Crippen molar-refractivity contribution in [2.24, 2.45) is 17.3 Å². The second-order valence-electron chi connectivity index (χ2n) is 12.9. The van der Waals surface area contributed by atoms with Gasteiger partial charge in [-0.3, -0.25) is 4.79 Å². The smallest absolute Gasteiger partial charge is 0.328 e. The van der Waals surface area contributed by atoms with Gasteiger partial charge in [0.05, 0.1) is 36.4 Å². The molecule has 1 amide bonds. The zero-order valence-electron chi connectivity index (χ0n) is 29.1. The number of aliphatic hydroxyl groups is 4. The summed E-state index contributed by atoms with van der Waals surface area (Å²) >= 11 is 0. The van der Waals surface area contributed by atoms with E-state index < -0.39 is 59.5 Å². The topological polar surface area (TPSA) is 175 Å². The number of aliphatic carboxylic acids is 1. The molecular weight excluding hydrogens is 618 g/mol. The minimum absolute atomic E-state index is 0.0913. The Morgan fingerprint density at radius 1 is 1.02 bits per heavy atom. The summed E-state index contributed by atoms with van der Waals surface area (Å²) in [5, 5.41) is 55.3. The molecule has 48 heavy (non-hydrogen) atoms. The molecule has 268 valence electrons. The molecule has 2 heterocycles. The van der Waals surface area contributed by atoms with E-state index in [9.17, 15) is 30.0 Å². The maximum Gasteiger partial charge on any atom is 0.328 e. The monoisotopic (exact) mass is 673 g/mol. The minimum atomic E-state index is -2.30.